The van der Waals surface area contributed by atoms with Crippen LogP contribution in [0.3, 0.4) is 0 Å². The third-order valence-electron chi connectivity index (χ3n) is 6.08. The Balaban J connectivity index is 1.59. The molecule has 36 heavy (non-hydrogen) atoms. The fourth-order valence-corrected chi connectivity index (χ4v) is 5.41. The van der Waals surface area contributed by atoms with Crippen molar-refractivity contribution in [1.29, 1.82) is 5.26 Å². The van der Waals surface area contributed by atoms with Crippen molar-refractivity contribution in [2.24, 2.45) is 0 Å². The van der Waals surface area contributed by atoms with Gasteiger partial charge in [-0.15, -0.1) is 0 Å². The average Bonchev–Trinajstić information content (AvgIpc) is 3.23. The van der Waals surface area contributed by atoms with Gasteiger partial charge in [0.15, 0.2) is 0 Å². The molecular formula is C30H29N3O2S. The minimum absolute atomic E-state index is 0.0504. The molecule has 1 unspecified atom stereocenters. The van der Waals surface area contributed by atoms with E-state index in [1.807, 2.05) is 60.7 Å². The van der Waals surface area contributed by atoms with Crippen molar-refractivity contribution >= 4 is 29.3 Å². The highest BCUT2D eigenvalue weighted by Crippen LogP contribution is 2.41. The number of amides is 2. The molecule has 0 aliphatic carbocycles. The van der Waals surface area contributed by atoms with E-state index in [1.54, 1.807) is 0 Å². The van der Waals surface area contributed by atoms with Gasteiger partial charge in [-0.3, -0.25) is 14.5 Å². The number of anilines is 1. The van der Waals surface area contributed by atoms with E-state index in [4.69, 9.17) is 0 Å². The maximum Gasteiger partial charge on any atom is 0.264 e. The molecule has 1 aliphatic heterocycles. The first-order valence-corrected chi connectivity index (χ1v) is 13.1. The molecule has 0 spiro atoms. The van der Waals surface area contributed by atoms with E-state index in [2.05, 4.69) is 42.6 Å². The van der Waals surface area contributed by atoms with Gasteiger partial charge in [-0.05, 0) is 48.1 Å². The van der Waals surface area contributed by atoms with Gasteiger partial charge in [0.2, 0.25) is 5.91 Å². The van der Waals surface area contributed by atoms with Crippen LogP contribution in [-0.2, 0) is 29.0 Å². The van der Waals surface area contributed by atoms with E-state index in [0.717, 1.165) is 30.4 Å². The highest BCUT2D eigenvalue weighted by Gasteiger charge is 2.40. The summed E-state index contributed by atoms with van der Waals surface area (Å²) < 4.78 is 0. The summed E-state index contributed by atoms with van der Waals surface area (Å²) in [6, 6.07) is 29.2. The monoisotopic (exact) mass is 495 g/mol. The van der Waals surface area contributed by atoms with Crippen LogP contribution in [-0.4, -0.2) is 17.1 Å². The molecule has 0 saturated carbocycles. The van der Waals surface area contributed by atoms with E-state index in [-0.39, 0.29) is 11.5 Å². The Morgan fingerprint density at radius 2 is 1.58 bits per heavy atom. The van der Waals surface area contributed by atoms with Crippen molar-refractivity contribution in [2.45, 2.75) is 44.4 Å². The van der Waals surface area contributed by atoms with Crippen LogP contribution in [0.2, 0.25) is 0 Å². The largest absolute Gasteiger partial charge is 0.347 e. The smallest absolute Gasteiger partial charge is 0.264 e. The van der Waals surface area contributed by atoms with Crippen LogP contribution >= 0.6 is 11.8 Å². The van der Waals surface area contributed by atoms with Crippen LogP contribution in [0.4, 0.5) is 5.69 Å². The van der Waals surface area contributed by atoms with E-state index >= 15 is 0 Å². The highest BCUT2D eigenvalue weighted by atomic mass is 32.2. The van der Waals surface area contributed by atoms with Gasteiger partial charge in [0.05, 0.1) is 5.25 Å². The van der Waals surface area contributed by atoms with Gasteiger partial charge in [0.1, 0.15) is 16.7 Å². The second-order valence-corrected chi connectivity index (χ2v) is 9.89. The van der Waals surface area contributed by atoms with Crippen molar-refractivity contribution in [3.63, 3.8) is 0 Å². The summed E-state index contributed by atoms with van der Waals surface area (Å²) in [5.41, 5.74) is 3.88. The molecule has 6 heteroatoms. The maximum atomic E-state index is 13.6. The first kappa shape index (κ1) is 25.3. The number of nitrogens with zero attached hydrogens (tertiary/aromatic N) is 2. The number of aryl methyl sites for hydroxylation is 1. The molecule has 1 saturated heterocycles. The Morgan fingerprint density at radius 1 is 0.944 bits per heavy atom. The number of nitriles is 1. The summed E-state index contributed by atoms with van der Waals surface area (Å²) in [6.45, 7) is 2.48. The molecule has 1 fully saturated rings. The number of para-hydroxylation sites is 1. The molecule has 5 nitrogen and oxygen atoms in total. The maximum absolute atomic E-state index is 13.6. The predicted octanol–water partition coefficient (Wildman–Crippen LogP) is 5.77. The number of rotatable bonds is 9. The summed E-state index contributed by atoms with van der Waals surface area (Å²) in [4.78, 5) is 28.2. The Labute approximate surface area is 216 Å². The van der Waals surface area contributed by atoms with Crippen LogP contribution in [0.1, 0.15) is 36.5 Å². The van der Waals surface area contributed by atoms with Crippen molar-refractivity contribution in [2.75, 3.05) is 4.90 Å². The van der Waals surface area contributed by atoms with Crippen molar-refractivity contribution < 1.29 is 9.59 Å². The lowest BCUT2D eigenvalue weighted by Crippen LogP contribution is -2.32. The summed E-state index contributed by atoms with van der Waals surface area (Å²) in [7, 11) is 0. The van der Waals surface area contributed by atoms with E-state index in [9.17, 15) is 14.9 Å². The molecule has 1 heterocycles. The summed E-state index contributed by atoms with van der Waals surface area (Å²) >= 11 is 1.29. The zero-order valence-electron chi connectivity index (χ0n) is 20.3. The topological polar surface area (TPSA) is 73.2 Å². The standard InChI is InChI=1S/C30H29N3O2S/c1-2-3-10-22-15-17-23(18-16-22)19-27-29(35)33(25-13-8-5-9-14-25)30(36-27)26(20-31)28(34)32-21-24-11-6-4-7-12-24/h4-9,11-18,27H,2-3,10,19,21H2,1H3,(H,32,34)/b30-26-. The molecule has 0 bridgehead atoms. The molecule has 0 aromatic heterocycles. The SMILES string of the molecule is CCCCc1ccc(CC2S/C(=C(/C#N)C(=O)NCc3ccccc3)N(c3ccccc3)C2=O)cc1. The number of carbonyl (C=O) groups excluding carboxylic acids is 2. The van der Waals surface area contributed by atoms with Crippen LogP contribution in [0, 0.1) is 11.3 Å². The number of benzene rings is 3. The number of hydrogen-bond acceptors (Lipinski definition) is 4. The van der Waals surface area contributed by atoms with Gasteiger partial charge in [-0.1, -0.05) is 97.9 Å². The number of hydrogen-bond donors (Lipinski definition) is 1. The number of thioether (sulfide) groups is 1. The third-order valence-corrected chi connectivity index (χ3v) is 7.34. The normalized spacial score (nSPS) is 16.5. The Morgan fingerprint density at radius 3 is 2.22 bits per heavy atom. The first-order chi connectivity index (χ1) is 17.6. The van der Waals surface area contributed by atoms with Crippen molar-refractivity contribution in [1.82, 2.24) is 5.32 Å². The minimum atomic E-state index is -0.487. The average molecular weight is 496 g/mol. The molecule has 0 radical (unpaired) electrons. The Hall–Kier alpha value is -3.82. The molecule has 3 aromatic rings. The number of nitrogens with one attached hydrogen (secondary N) is 1. The predicted molar refractivity (Wildman–Crippen MR) is 145 cm³/mol. The van der Waals surface area contributed by atoms with Crippen LogP contribution in [0.25, 0.3) is 0 Å². The molecule has 1 atom stereocenters. The Bertz CT molecular complexity index is 1270. The second-order valence-electron chi connectivity index (χ2n) is 8.70. The van der Waals surface area contributed by atoms with Crippen molar-refractivity contribution in [3.8, 4) is 6.07 Å². The zero-order chi connectivity index (χ0) is 25.3. The molecule has 4 rings (SSSR count). The highest BCUT2D eigenvalue weighted by molar-refractivity contribution is 8.05. The molecule has 1 aliphatic rings. The quantitative estimate of drug-likeness (QED) is 0.302. The third kappa shape index (κ3) is 6.05. The molecule has 182 valence electrons. The molecule has 1 N–H and O–H groups in total. The Kier molecular flexibility index (Phi) is 8.59. The fourth-order valence-electron chi connectivity index (χ4n) is 4.10. The van der Waals surface area contributed by atoms with Crippen LogP contribution in [0.5, 0.6) is 0 Å². The van der Waals surface area contributed by atoms with E-state index < -0.39 is 11.2 Å². The van der Waals surface area contributed by atoms with E-state index in [1.165, 1.54) is 22.2 Å². The van der Waals surface area contributed by atoms with Gasteiger partial charge < -0.3 is 5.32 Å². The van der Waals surface area contributed by atoms with Crippen LogP contribution in [0.15, 0.2) is 95.5 Å². The molecule has 3 aromatic carbocycles. The van der Waals surface area contributed by atoms with Crippen molar-refractivity contribution in [3.05, 3.63) is 112 Å². The zero-order valence-corrected chi connectivity index (χ0v) is 21.1. The molecule has 2 amide bonds. The summed E-state index contributed by atoms with van der Waals surface area (Å²) in [5.74, 6) is -0.613. The number of unbranched alkanes of at least 4 members (excludes halogenated alkanes) is 1. The first-order valence-electron chi connectivity index (χ1n) is 12.2. The lowest BCUT2D eigenvalue weighted by atomic mass is 10.0. The van der Waals surface area contributed by atoms with Gasteiger partial charge in [0, 0.05) is 12.2 Å². The van der Waals surface area contributed by atoms with Crippen LogP contribution < -0.4 is 10.2 Å². The molecular weight excluding hydrogens is 466 g/mol. The minimum Gasteiger partial charge on any atom is -0.347 e. The lowest BCUT2D eigenvalue weighted by molar-refractivity contribution is -0.117. The lowest BCUT2D eigenvalue weighted by Gasteiger charge is -2.18. The van der Waals surface area contributed by atoms with E-state index in [0.29, 0.717) is 23.7 Å². The second kappa shape index (κ2) is 12.2. The number of carbonyl (C=O) groups is 2. The van der Waals surface area contributed by atoms with Gasteiger partial charge in [0.25, 0.3) is 5.91 Å². The van der Waals surface area contributed by atoms with Gasteiger partial charge in [-0.25, -0.2) is 0 Å². The summed E-state index contributed by atoms with van der Waals surface area (Å²) in [5, 5.41) is 12.7. The summed E-state index contributed by atoms with van der Waals surface area (Å²) in [6.07, 6.45) is 3.88. The van der Waals surface area contributed by atoms with Gasteiger partial charge >= 0.3 is 0 Å². The fraction of sp³-hybridized carbons (Fsp3) is 0.233. The van der Waals surface area contributed by atoms with Gasteiger partial charge in [-0.2, -0.15) is 5.26 Å².